The van der Waals surface area contributed by atoms with Crippen LogP contribution in [0.1, 0.15) is 20.8 Å². The number of nitrogens with one attached hydrogen (secondary N) is 1. The van der Waals surface area contributed by atoms with Gasteiger partial charge in [0.1, 0.15) is 0 Å². The van der Waals surface area contributed by atoms with Crippen molar-refractivity contribution < 1.29 is 4.79 Å². The summed E-state index contributed by atoms with van der Waals surface area (Å²) in [5, 5.41) is 5.42. The largest absolute Gasteiger partial charge is 0.337 e. The number of hydrogen-bond acceptors (Lipinski definition) is 3. The number of hydrogen-bond donors (Lipinski definition) is 1. The first-order valence-corrected chi connectivity index (χ1v) is 5.69. The SMILES string of the molecule is CN(C(=O)NCC(C)(C)C)c1nccs1. The predicted octanol–water partition coefficient (Wildman–Crippen LogP) is 2.34. The maximum atomic E-state index is 11.7. The fourth-order valence-corrected chi connectivity index (χ4v) is 1.53. The number of aromatic nitrogens is 1. The quantitative estimate of drug-likeness (QED) is 0.842. The van der Waals surface area contributed by atoms with E-state index in [0.717, 1.165) is 0 Å². The highest BCUT2D eigenvalue weighted by atomic mass is 32.1. The molecule has 0 saturated heterocycles. The van der Waals surface area contributed by atoms with Crippen molar-refractivity contribution in [2.24, 2.45) is 5.41 Å². The standard InChI is InChI=1S/C10H17N3OS/c1-10(2,3)7-12-8(14)13(4)9-11-5-6-15-9/h5-6H,7H2,1-4H3,(H,12,14). The number of anilines is 1. The Hall–Kier alpha value is -1.10. The van der Waals surface area contributed by atoms with Crippen LogP contribution in [0.4, 0.5) is 9.93 Å². The third kappa shape index (κ3) is 3.87. The minimum atomic E-state index is -0.111. The van der Waals surface area contributed by atoms with E-state index in [1.54, 1.807) is 13.2 Å². The third-order valence-corrected chi connectivity index (χ3v) is 2.63. The Morgan fingerprint density at radius 3 is 2.73 bits per heavy atom. The molecule has 0 aliphatic rings. The van der Waals surface area contributed by atoms with Gasteiger partial charge in [-0.1, -0.05) is 20.8 Å². The van der Waals surface area contributed by atoms with Gasteiger partial charge in [0.25, 0.3) is 0 Å². The van der Waals surface area contributed by atoms with E-state index in [-0.39, 0.29) is 11.4 Å². The smallest absolute Gasteiger partial charge is 0.323 e. The second-order valence-electron chi connectivity index (χ2n) is 4.59. The molecule has 2 amide bonds. The summed E-state index contributed by atoms with van der Waals surface area (Å²) in [6, 6.07) is -0.111. The molecular formula is C10H17N3OS. The second kappa shape index (κ2) is 4.61. The lowest BCUT2D eigenvalue weighted by molar-refractivity contribution is 0.242. The van der Waals surface area contributed by atoms with Crippen molar-refractivity contribution in [2.75, 3.05) is 18.5 Å². The van der Waals surface area contributed by atoms with Crippen LogP contribution >= 0.6 is 11.3 Å². The van der Waals surface area contributed by atoms with E-state index in [2.05, 4.69) is 31.1 Å². The lowest BCUT2D eigenvalue weighted by Gasteiger charge is -2.21. The van der Waals surface area contributed by atoms with Crippen LogP contribution < -0.4 is 10.2 Å². The van der Waals surface area contributed by atoms with Gasteiger partial charge in [-0.3, -0.25) is 4.90 Å². The van der Waals surface area contributed by atoms with Crippen LogP contribution in [0.5, 0.6) is 0 Å². The number of carbonyl (C=O) groups is 1. The molecule has 4 nitrogen and oxygen atoms in total. The van der Waals surface area contributed by atoms with Crippen LogP contribution in [0.2, 0.25) is 0 Å². The predicted molar refractivity (Wildman–Crippen MR) is 63.4 cm³/mol. The summed E-state index contributed by atoms with van der Waals surface area (Å²) < 4.78 is 0. The van der Waals surface area contributed by atoms with Gasteiger partial charge in [0.2, 0.25) is 0 Å². The molecular weight excluding hydrogens is 210 g/mol. The Labute approximate surface area is 94.3 Å². The molecule has 1 aromatic heterocycles. The minimum absolute atomic E-state index is 0.0966. The first-order valence-electron chi connectivity index (χ1n) is 4.81. The van der Waals surface area contributed by atoms with E-state index in [0.29, 0.717) is 11.7 Å². The summed E-state index contributed by atoms with van der Waals surface area (Å²) in [5.74, 6) is 0. The van der Waals surface area contributed by atoms with Crippen molar-refractivity contribution in [1.82, 2.24) is 10.3 Å². The summed E-state index contributed by atoms with van der Waals surface area (Å²) >= 11 is 1.45. The molecule has 0 bridgehead atoms. The van der Waals surface area contributed by atoms with Gasteiger partial charge >= 0.3 is 6.03 Å². The minimum Gasteiger partial charge on any atom is -0.337 e. The van der Waals surface area contributed by atoms with Gasteiger partial charge in [0.15, 0.2) is 5.13 Å². The summed E-state index contributed by atoms with van der Waals surface area (Å²) in [6.45, 7) is 6.89. The lowest BCUT2D eigenvalue weighted by Crippen LogP contribution is -2.41. The number of nitrogens with zero attached hydrogens (tertiary/aromatic N) is 2. The maximum absolute atomic E-state index is 11.7. The molecule has 0 aromatic carbocycles. The highest BCUT2D eigenvalue weighted by Crippen LogP contribution is 2.16. The Morgan fingerprint density at radius 2 is 2.27 bits per heavy atom. The fourth-order valence-electron chi connectivity index (χ4n) is 0.928. The molecule has 0 aliphatic carbocycles. The summed E-state index contributed by atoms with van der Waals surface area (Å²) in [5.41, 5.74) is 0.0966. The molecule has 1 aromatic rings. The van der Waals surface area contributed by atoms with Gasteiger partial charge in [0.05, 0.1) is 0 Å². The molecule has 15 heavy (non-hydrogen) atoms. The van der Waals surface area contributed by atoms with Crippen molar-refractivity contribution in [3.05, 3.63) is 11.6 Å². The van der Waals surface area contributed by atoms with Crippen molar-refractivity contribution in [3.8, 4) is 0 Å². The zero-order chi connectivity index (χ0) is 11.5. The van der Waals surface area contributed by atoms with Gasteiger partial charge in [0, 0.05) is 25.2 Å². The van der Waals surface area contributed by atoms with E-state index >= 15 is 0 Å². The van der Waals surface area contributed by atoms with E-state index in [1.807, 2.05) is 5.38 Å². The number of urea groups is 1. The molecule has 84 valence electrons. The van der Waals surface area contributed by atoms with Crippen LogP contribution in [0, 0.1) is 5.41 Å². The first-order chi connectivity index (χ1) is 6.90. The van der Waals surface area contributed by atoms with Crippen LogP contribution in [0.3, 0.4) is 0 Å². The molecule has 0 spiro atoms. The molecule has 0 aliphatic heterocycles. The Bertz CT molecular complexity index is 316. The van der Waals surface area contributed by atoms with E-state index in [9.17, 15) is 4.79 Å². The molecule has 0 radical (unpaired) electrons. The summed E-state index contributed by atoms with van der Waals surface area (Å²) in [4.78, 5) is 17.3. The molecule has 5 heteroatoms. The molecule has 0 atom stereocenters. The monoisotopic (exact) mass is 227 g/mol. The highest BCUT2D eigenvalue weighted by molar-refractivity contribution is 7.13. The summed E-state index contributed by atoms with van der Waals surface area (Å²) in [7, 11) is 1.72. The van der Waals surface area contributed by atoms with E-state index in [4.69, 9.17) is 0 Å². The van der Waals surface area contributed by atoms with E-state index < -0.39 is 0 Å². The number of carbonyl (C=O) groups excluding carboxylic acids is 1. The molecule has 0 saturated carbocycles. The van der Waals surface area contributed by atoms with Gasteiger partial charge in [-0.25, -0.2) is 9.78 Å². The Balaban J connectivity index is 2.48. The fraction of sp³-hybridized carbons (Fsp3) is 0.600. The molecule has 1 rings (SSSR count). The van der Waals surface area contributed by atoms with Crippen LogP contribution in [0.15, 0.2) is 11.6 Å². The zero-order valence-electron chi connectivity index (χ0n) is 9.57. The number of rotatable bonds is 2. The van der Waals surface area contributed by atoms with Crippen LogP contribution in [-0.2, 0) is 0 Å². The van der Waals surface area contributed by atoms with Gasteiger partial charge in [-0.15, -0.1) is 11.3 Å². The van der Waals surface area contributed by atoms with Crippen molar-refractivity contribution >= 4 is 22.5 Å². The van der Waals surface area contributed by atoms with Gasteiger partial charge in [-0.2, -0.15) is 0 Å². The van der Waals surface area contributed by atoms with Crippen LogP contribution in [0.25, 0.3) is 0 Å². The van der Waals surface area contributed by atoms with Crippen molar-refractivity contribution in [2.45, 2.75) is 20.8 Å². The normalized spacial score (nSPS) is 11.2. The Kier molecular flexibility index (Phi) is 3.68. The molecule has 0 unspecified atom stereocenters. The third-order valence-electron chi connectivity index (χ3n) is 1.78. The topological polar surface area (TPSA) is 45.2 Å². The molecule has 1 heterocycles. The zero-order valence-corrected chi connectivity index (χ0v) is 10.4. The highest BCUT2D eigenvalue weighted by Gasteiger charge is 2.16. The summed E-state index contributed by atoms with van der Waals surface area (Å²) in [6.07, 6.45) is 1.69. The van der Waals surface area contributed by atoms with Gasteiger partial charge < -0.3 is 5.32 Å². The van der Waals surface area contributed by atoms with E-state index in [1.165, 1.54) is 16.2 Å². The average molecular weight is 227 g/mol. The maximum Gasteiger partial charge on any atom is 0.323 e. The van der Waals surface area contributed by atoms with Crippen molar-refractivity contribution in [3.63, 3.8) is 0 Å². The average Bonchev–Trinajstić information content (AvgIpc) is 2.64. The van der Waals surface area contributed by atoms with Crippen molar-refractivity contribution in [1.29, 1.82) is 0 Å². The lowest BCUT2D eigenvalue weighted by atomic mass is 9.97. The van der Waals surface area contributed by atoms with Gasteiger partial charge in [-0.05, 0) is 5.41 Å². The Morgan fingerprint density at radius 1 is 1.60 bits per heavy atom. The number of thiazole rings is 1. The number of amides is 2. The van der Waals surface area contributed by atoms with Crippen LogP contribution in [-0.4, -0.2) is 24.6 Å². The molecule has 0 fully saturated rings. The second-order valence-corrected chi connectivity index (χ2v) is 5.47. The molecule has 1 N–H and O–H groups in total. The first kappa shape index (κ1) is 12.0.